The molecule has 9 heteroatoms. The molecule has 2 aromatic rings. The predicted octanol–water partition coefficient (Wildman–Crippen LogP) is 1.78. The maximum Gasteiger partial charge on any atom is 0.267 e. The van der Waals surface area contributed by atoms with Gasteiger partial charge < -0.3 is 21.3 Å². The number of amides is 2. The number of nitrogens with zero attached hydrogens (tertiary/aromatic N) is 3. The van der Waals surface area contributed by atoms with E-state index in [-0.39, 0.29) is 29.1 Å². The van der Waals surface area contributed by atoms with E-state index in [0.717, 1.165) is 31.9 Å². The fraction of sp³-hybridized carbons (Fsp3) is 0.381. The lowest BCUT2D eigenvalue weighted by molar-refractivity contribution is -0.117. The molecule has 3 heterocycles. The van der Waals surface area contributed by atoms with Crippen LogP contribution >= 0.6 is 0 Å². The Morgan fingerprint density at radius 3 is 2.63 bits per heavy atom. The minimum absolute atomic E-state index is 0.203. The summed E-state index contributed by atoms with van der Waals surface area (Å²) in [7, 11) is 0. The van der Waals surface area contributed by atoms with Crippen LogP contribution in [0.5, 0.6) is 0 Å². The lowest BCUT2D eigenvalue weighted by Crippen LogP contribution is -2.46. The number of pyridine rings is 1. The Kier molecular flexibility index (Phi) is 5.54. The summed E-state index contributed by atoms with van der Waals surface area (Å²) >= 11 is 0. The fourth-order valence-electron chi connectivity index (χ4n) is 3.86. The Hall–Kier alpha value is -3.20. The zero-order valence-electron chi connectivity index (χ0n) is 16.8. The highest BCUT2D eigenvalue weighted by Gasteiger charge is 2.28. The zero-order chi connectivity index (χ0) is 21.3. The van der Waals surface area contributed by atoms with Crippen LogP contribution < -0.4 is 21.3 Å². The topological polar surface area (TPSA) is 104 Å². The van der Waals surface area contributed by atoms with Gasteiger partial charge in [-0.15, -0.1) is 0 Å². The molecule has 2 amide bonds. The number of rotatable bonds is 5. The lowest BCUT2D eigenvalue weighted by atomic mass is 10.1. The van der Waals surface area contributed by atoms with Crippen LogP contribution in [0.3, 0.4) is 0 Å². The van der Waals surface area contributed by atoms with E-state index in [1.807, 2.05) is 19.1 Å². The van der Waals surface area contributed by atoms with Crippen LogP contribution in [-0.4, -0.2) is 53.9 Å². The molecule has 4 rings (SSSR count). The summed E-state index contributed by atoms with van der Waals surface area (Å²) in [6.45, 7) is 5.43. The third-order valence-electron chi connectivity index (χ3n) is 5.66. The second-order valence-corrected chi connectivity index (χ2v) is 7.58. The minimum Gasteiger partial charge on any atom is -0.372 e. The molecule has 1 aromatic heterocycles. The number of hydrogen-bond acceptors (Lipinski definition) is 6. The van der Waals surface area contributed by atoms with Gasteiger partial charge in [-0.05, 0) is 24.6 Å². The standard InChI is InChI=1S/C21H25FN6O2/c1-2-15-21(30)26-19-16(25-15)5-3-13(18(19)22)12-27-7-9-28(10-8-27)14-4-6-17(20(23)29)24-11-14/h3-6,11,15,25H,2,7-10,12H2,1H3,(H2,23,29)(H,26,30). The summed E-state index contributed by atoms with van der Waals surface area (Å²) < 4.78 is 15.0. The van der Waals surface area contributed by atoms with E-state index in [1.54, 1.807) is 18.3 Å². The van der Waals surface area contributed by atoms with Crippen LogP contribution in [0.2, 0.25) is 0 Å². The van der Waals surface area contributed by atoms with Gasteiger partial charge in [-0.3, -0.25) is 14.5 Å². The van der Waals surface area contributed by atoms with Crippen LogP contribution in [0.25, 0.3) is 0 Å². The van der Waals surface area contributed by atoms with Gasteiger partial charge in [0, 0.05) is 38.3 Å². The molecule has 1 fully saturated rings. The van der Waals surface area contributed by atoms with Crippen molar-refractivity contribution in [2.45, 2.75) is 25.9 Å². The number of primary amides is 1. The summed E-state index contributed by atoms with van der Waals surface area (Å²) in [4.78, 5) is 31.7. The number of anilines is 3. The fourth-order valence-corrected chi connectivity index (χ4v) is 3.86. The quantitative estimate of drug-likeness (QED) is 0.692. The van der Waals surface area contributed by atoms with Crippen molar-refractivity contribution in [1.82, 2.24) is 9.88 Å². The first-order chi connectivity index (χ1) is 14.5. The largest absolute Gasteiger partial charge is 0.372 e. The number of benzene rings is 1. The van der Waals surface area contributed by atoms with Crippen LogP contribution in [0, 0.1) is 5.82 Å². The van der Waals surface area contributed by atoms with Gasteiger partial charge in [0.1, 0.15) is 17.4 Å². The Morgan fingerprint density at radius 1 is 1.23 bits per heavy atom. The molecule has 2 aliphatic heterocycles. The molecule has 1 saturated heterocycles. The first-order valence-electron chi connectivity index (χ1n) is 10.1. The van der Waals surface area contributed by atoms with Gasteiger partial charge >= 0.3 is 0 Å². The van der Waals surface area contributed by atoms with E-state index in [1.165, 1.54) is 0 Å². The van der Waals surface area contributed by atoms with E-state index in [4.69, 9.17) is 5.73 Å². The number of nitrogens with two attached hydrogens (primary N) is 1. The molecule has 1 aromatic carbocycles. The Morgan fingerprint density at radius 2 is 2.00 bits per heavy atom. The molecule has 0 saturated carbocycles. The van der Waals surface area contributed by atoms with Crippen LogP contribution in [0.4, 0.5) is 21.5 Å². The van der Waals surface area contributed by atoms with E-state index < -0.39 is 5.91 Å². The van der Waals surface area contributed by atoms with E-state index in [9.17, 15) is 9.59 Å². The van der Waals surface area contributed by atoms with Crippen LogP contribution in [-0.2, 0) is 11.3 Å². The summed E-state index contributed by atoms with van der Waals surface area (Å²) in [5, 5.41) is 5.80. The summed E-state index contributed by atoms with van der Waals surface area (Å²) in [6.07, 6.45) is 2.29. The summed E-state index contributed by atoms with van der Waals surface area (Å²) in [5.74, 6) is -1.13. The van der Waals surface area contributed by atoms with Gasteiger partial charge in [0.05, 0.1) is 17.6 Å². The molecule has 1 unspecified atom stereocenters. The third-order valence-corrected chi connectivity index (χ3v) is 5.66. The molecular formula is C21H25FN6O2. The molecule has 158 valence electrons. The Bertz CT molecular complexity index is 957. The van der Waals surface area contributed by atoms with Crippen molar-refractivity contribution < 1.29 is 14.0 Å². The number of aromatic nitrogens is 1. The van der Waals surface area contributed by atoms with E-state index in [2.05, 4.69) is 25.4 Å². The van der Waals surface area contributed by atoms with Crippen molar-refractivity contribution >= 4 is 28.9 Å². The lowest BCUT2D eigenvalue weighted by Gasteiger charge is -2.36. The number of piperazine rings is 1. The first-order valence-corrected chi connectivity index (χ1v) is 10.1. The SMILES string of the molecule is CCC1Nc2ccc(CN3CCN(c4ccc(C(N)=O)nc4)CC3)c(F)c2NC1=O. The maximum atomic E-state index is 15.0. The maximum absolute atomic E-state index is 15.0. The smallest absolute Gasteiger partial charge is 0.267 e. The van der Waals surface area contributed by atoms with Gasteiger partial charge in [-0.2, -0.15) is 0 Å². The molecule has 30 heavy (non-hydrogen) atoms. The van der Waals surface area contributed by atoms with Gasteiger partial charge in [0.25, 0.3) is 5.91 Å². The van der Waals surface area contributed by atoms with Gasteiger partial charge in [0.15, 0.2) is 5.82 Å². The van der Waals surface area contributed by atoms with Crippen molar-refractivity contribution in [3.8, 4) is 0 Å². The molecular weight excluding hydrogens is 387 g/mol. The van der Waals surface area contributed by atoms with Crippen molar-refractivity contribution in [3.63, 3.8) is 0 Å². The summed E-state index contributed by atoms with van der Waals surface area (Å²) in [5.41, 5.74) is 7.83. The molecule has 0 spiro atoms. The van der Waals surface area contributed by atoms with Crippen molar-refractivity contribution in [2.75, 3.05) is 41.7 Å². The number of halogens is 1. The normalized spacial score (nSPS) is 19.1. The molecule has 4 N–H and O–H groups in total. The number of carbonyl (C=O) groups excluding carboxylic acids is 2. The van der Waals surface area contributed by atoms with Crippen LogP contribution in [0.1, 0.15) is 29.4 Å². The number of hydrogen-bond donors (Lipinski definition) is 3. The average Bonchev–Trinajstić information content (AvgIpc) is 2.76. The molecule has 8 nitrogen and oxygen atoms in total. The highest BCUT2D eigenvalue weighted by molar-refractivity contribution is 6.03. The van der Waals surface area contributed by atoms with Gasteiger partial charge in [-0.1, -0.05) is 13.0 Å². The van der Waals surface area contributed by atoms with Crippen molar-refractivity contribution in [1.29, 1.82) is 0 Å². The molecule has 0 radical (unpaired) electrons. The highest BCUT2D eigenvalue weighted by atomic mass is 19.1. The van der Waals surface area contributed by atoms with Crippen molar-refractivity contribution in [3.05, 3.63) is 47.5 Å². The molecule has 0 aliphatic carbocycles. The number of carbonyl (C=O) groups is 2. The first kappa shape index (κ1) is 20.1. The molecule has 0 bridgehead atoms. The van der Waals surface area contributed by atoms with Crippen molar-refractivity contribution in [2.24, 2.45) is 5.73 Å². The molecule has 2 aliphatic rings. The minimum atomic E-state index is -0.546. The predicted molar refractivity (Wildman–Crippen MR) is 113 cm³/mol. The second kappa shape index (κ2) is 8.27. The van der Waals surface area contributed by atoms with Gasteiger partial charge in [0.2, 0.25) is 5.91 Å². The zero-order valence-corrected chi connectivity index (χ0v) is 16.8. The Labute approximate surface area is 174 Å². The van der Waals surface area contributed by atoms with E-state index >= 15 is 4.39 Å². The number of nitrogens with one attached hydrogen (secondary N) is 2. The average molecular weight is 412 g/mol. The Balaban J connectivity index is 1.39. The highest BCUT2D eigenvalue weighted by Crippen LogP contribution is 2.32. The monoisotopic (exact) mass is 412 g/mol. The molecule has 1 atom stereocenters. The van der Waals surface area contributed by atoms with E-state index in [0.29, 0.717) is 24.2 Å². The third kappa shape index (κ3) is 3.93. The summed E-state index contributed by atoms with van der Waals surface area (Å²) in [6, 6.07) is 6.74. The van der Waals surface area contributed by atoms with Gasteiger partial charge in [-0.25, -0.2) is 9.37 Å². The second-order valence-electron chi connectivity index (χ2n) is 7.58. The number of fused-ring (bicyclic) bond motifs is 1. The van der Waals surface area contributed by atoms with Crippen LogP contribution in [0.15, 0.2) is 30.5 Å².